The van der Waals surface area contributed by atoms with Crippen molar-refractivity contribution in [2.45, 2.75) is 32.1 Å². The molecule has 2 aromatic carbocycles. The van der Waals surface area contributed by atoms with E-state index in [4.69, 9.17) is 4.74 Å². The Labute approximate surface area is 144 Å². The van der Waals surface area contributed by atoms with Crippen molar-refractivity contribution < 1.29 is 9.53 Å². The average Bonchev–Trinajstić information content (AvgIpc) is 2.66. The van der Waals surface area contributed by atoms with E-state index >= 15 is 0 Å². The van der Waals surface area contributed by atoms with E-state index in [0.29, 0.717) is 5.92 Å². The van der Waals surface area contributed by atoms with Crippen LogP contribution in [0.5, 0.6) is 5.75 Å². The number of rotatable bonds is 6. The lowest BCUT2D eigenvalue weighted by molar-refractivity contribution is -0.123. The van der Waals surface area contributed by atoms with E-state index in [1.54, 1.807) is 0 Å². The Morgan fingerprint density at radius 1 is 0.958 bits per heavy atom. The first kappa shape index (κ1) is 16.6. The van der Waals surface area contributed by atoms with Gasteiger partial charge in [-0.05, 0) is 30.4 Å². The van der Waals surface area contributed by atoms with E-state index in [1.807, 2.05) is 54.6 Å². The van der Waals surface area contributed by atoms with Crippen molar-refractivity contribution in [3.63, 3.8) is 0 Å². The van der Waals surface area contributed by atoms with Gasteiger partial charge >= 0.3 is 0 Å². The number of amides is 1. The zero-order valence-corrected chi connectivity index (χ0v) is 14.0. The van der Waals surface area contributed by atoms with Crippen LogP contribution in [0.1, 0.15) is 32.1 Å². The van der Waals surface area contributed by atoms with Crippen LogP contribution < -0.4 is 10.1 Å². The predicted octanol–water partition coefficient (Wildman–Crippen LogP) is 4.43. The van der Waals surface area contributed by atoms with Gasteiger partial charge in [0.15, 0.2) is 6.61 Å². The van der Waals surface area contributed by atoms with Gasteiger partial charge in [-0.25, -0.2) is 0 Å². The van der Waals surface area contributed by atoms with E-state index in [9.17, 15) is 4.79 Å². The molecule has 3 rings (SSSR count). The van der Waals surface area contributed by atoms with Crippen molar-refractivity contribution in [3.05, 3.63) is 54.6 Å². The zero-order chi connectivity index (χ0) is 16.6. The second-order valence-corrected chi connectivity index (χ2v) is 6.46. The topological polar surface area (TPSA) is 38.3 Å². The summed E-state index contributed by atoms with van der Waals surface area (Å²) < 4.78 is 5.78. The first-order chi connectivity index (χ1) is 11.8. The molecule has 0 unspecified atom stereocenters. The molecule has 2 aromatic rings. The van der Waals surface area contributed by atoms with E-state index in [0.717, 1.165) is 23.4 Å². The molecule has 0 aliphatic heterocycles. The number of carbonyl (C=O) groups is 1. The normalized spacial score (nSPS) is 15.0. The molecule has 0 aromatic heterocycles. The molecule has 0 spiro atoms. The summed E-state index contributed by atoms with van der Waals surface area (Å²) in [5.41, 5.74) is 2.11. The minimum Gasteiger partial charge on any atom is -0.483 e. The lowest BCUT2D eigenvalue weighted by atomic mass is 9.89. The zero-order valence-electron chi connectivity index (χ0n) is 14.0. The summed E-state index contributed by atoms with van der Waals surface area (Å²) in [5, 5.41) is 3.02. The van der Waals surface area contributed by atoms with Crippen LogP contribution in [-0.4, -0.2) is 19.1 Å². The molecule has 0 heterocycles. The standard InChI is InChI=1S/C21H25NO2/c23-21(22-15-17-9-3-1-4-10-17)16-24-20-14-8-7-13-19(20)18-11-5-2-6-12-18/h2,5-8,11-14,17H,1,3-4,9-10,15-16H2,(H,22,23). The van der Waals surface area contributed by atoms with Gasteiger partial charge in [-0.1, -0.05) is 67.8 Å². The first-order valence-electron chi connectivity index (χ1n) is 8.87. The van der Waals surface area contributed by atoms with Gasteiger partial charge < -0.3 is 10.1 Å². The van der Waals surface area contributed by atoms with Crippen LogP contribution in [0.3, 0.4) is 0 Å². The lowest BCUT2D eigenvalue weighted by Gasteiger charge is -2.21. The number of para-hydroxylation sites is 1. The summed E-state index contributed by atoms with van der Waals surface area (Å²) in [4.78, 5) is 12.1. The second kappa shape index (κ2) is 8.53. The van der Waals surface area contributed by atoms with Gasteiger partial charge in [0.2, 0.25) is 0 Å². The first-order valence-corrected chi connectivity index (χ1v) is 8.87. The third kappa shape index (κ3) is 4.60. The Balaban J connectivity index is 1.54. The summed E-state index contributed by atoms with van der Waals surface area (Å²) in [7, 11) is 0. The monoisotopic (exact) mass is 323 g/mol. The number of nitrogens with one attached hydrogen (secondary N) is 1. The van der Waals surface area contributed by atoms with Crippen molar-refractivity contribution in [1.82, 2.24) is 5.32 Å². The summed E-state index contributed by atoms with van der Waals surface area (Å²) in [6.07, 6.45) is 6.39. The van der Waals surface area contributed by atoms with E-state index < -0.39 is 0 Å². The molecule has 0 bridgehead atoms. The molecule has 1 N–H and O–H groups in total. The average molecular weight is 323 g/mol. The molecular weight excluding hydrogens is 298 g/mol. The Hall–Kier alpha value is -2.29. The minimum absolute atomic E-state index is 0.0385. The van der Waals surface area contributed by atoms with Gasteiger partial charge in [0.1, 0.15) is 5.75 Å². The molecule has 1 fully saturated rings. The minimum atomic E-state index is -0.0385. The molecule has 1 saturated carbocycles. The summed E-state index contributed by atoms with van der Waals surface area (Å²) in [5.74, 6) is 1.35. The van der Waals surface area contributed by atoms with Crippen molar-refractivity contribution in [3.8, 4) is 16.9 Å². The Kier molecular flexibility index (Phi) is 5.89. The van der Waals surface area contributed by atoms with E-state index in [-0.39, 0.29) is 12.5 Å². The fourth-order valence-corrected chi connectivity index (χ4v) is 3.29. The quantitative estimate of drug-likeness (QED) is 0.854. The Bertz CT molecular complexity index is 648. The van der Waals surface area contributed by atoms with Crippen molar-refractivity contribution in [1.29, 1.82) is 0 Å². The second-order valence-electron chi connectivity index (χ2n) is 6.46. The molecule has 0 saturated heterocycles. The highest BCUT2D eigenvalue weighted by Crippen LogP contribution is 2.29. The Morgan fingerprint density at radius 2 is 1.67 bits per heavy atom. The highest BCUT2D eigenvalue weighted by molar-refractivity contribution is 5.78. The Morgan fingerprint density at radius 3 is 2.46 bits per heavy atom. The molecule has 126 valence electrons. The maximum atomic E-state index is 12.1. The van der Waals surface area contributed by atoms with Crippen LogP contribution in [0.25, 0.3) is 11.1 Å². The van der Waals surface area contributed by atoms with Gasteiger partial charge in [0.25, 0.3) is 5.91 Å². The lowest BCUT2D eigenvalue weighted by Crippen LogP contribution is -2.33. The molecule has 24 heavy (non-hydrogen) atoms. The van der Waals surface area contributed by atoms with Crippen LogP contribution in [0, 0.1) is 5.92 Å². The maximum Gasteiger partial charge on any atom is 0.257 e. The van der Waals surface area contributed by atoms with Gasteiger partial charge in [-0.2, -0.15) is 0 Å². The largest absolute Gasteiger partial charge is 0.483 e. The number of benzene rings is 2. The molecule has 3 heteroatoms. The smallest absolute Gasteiger partial charge is 0.257 e. The highest BCUT2D eigenvalue weighted by atomic mass is 16.5. The van der Waals surface area contributed by atoms with E-state index in [1.165, 1.54) is 32.1 Å². The van der Waals surface area contributed by atoms with Gasteiger partial charge in [0.05, 0.1) is 0 Å². The molecule has 1 aliphatic carbocycles. The predicted molar refractivity (Wildman–Crippen MR) is 97.0 cm³/mol. The maximum absolute atomic E-state index is 12.1. The highest BCUT2D eigenvalue weighted by Gasteiger charge is 2.14. The molecule has 3 nitrogen and oxygen atoms in total. The van der Waals surface area contributed by atoms with Gasteiger partial charge in [-0.15, -0.1) is 0 Å². The summed E-state index contributed by atoms with van der Waals surface area (Å²) >= 11 is 0. The van der Waals surface area contributed by atoms with Crippen LogP contribution >= 0.6 is 0 Å². The number of carbonyl (C=O) groups excluding carboxylic acids is 1. The van der Waals surface area contributed by atoms with E-state index in [2.05, 4.69) is 5.32 Å². The van der Waals surface area contributed by atoms with Crippen molar-refractivity contribution in [2.75, 3.05) is 13.2 Å². The number of ether oxygens (including phenoxy) is 1. The van der Waals surface area contributed by atoms with Crippen molar-refractivity contribution in [2.24, 2.45) is 5.92 Å². The third-order valence-corrected chi connectivity index (χ3v) is 4.64. The summed E-state index contributed by atoms with van der Waals surface area (Å²) in [6.45, 7) is 0.846. The molecular formula is C21H25NO2. The van der Waals surface area contributed by atoms with Crippen molar-refractivity contribution >= 4 is 5.91 Å². The third-order valence-electron chi connectivity index (χ3n) is 4.64. The summed E-state index contributed by atoms with van der Waals surface area (Å²) in [6, 6.07) is 17.9. The molecule has 0 radical (unpaired) electrons. The van der Waals surface area contributed by atoms with Crippen LogP contribution in [0.4, 0.5) is 0 Å². The number of hydrogen-bond acceptors (Lipinski definition) is 2. The molecule has 1 aliphatic rings. The fraction of sp³-hybridized carbons (Fsp3) is 0.381. The van der Waals surface area contributed by atoms with Gasteiger partial charge in [-0.3, -0.25) is 4.79 Å². The fourth-order valence-electron chi connectivity index (χ4n) is 3.29. The number of hydrogen-bond donors (Lipinski definition) is 1. The SMILES string of the molecule is O=C(COc1ccccc1-c1ccccc1)NCC1CCCCC1. The van der Waals surface area contributed by atoms with Crippen LogP contribution in [-0.2, 0) is 4.79 Å². The van der Waals surface area contributed by atoms with Gasteiger partial charge in [0, 0.05) is 12.1 Å². The molecule has 0 atom stereocenters. The van der Waals surface area contributed by atoms with Crippen LogP contribution in [0.2, 0.25) is 0 Å². The molecule has 1 amide bonds. The van der Waals surface area contributed by atoms with Crippen LogP contribution in [0.15, 0.2) is 54.6 Å².